The Labute approximate surface area is 171 Å². The maximum atomic E-state index is 12.8. The van der Waals surface area contributed by atoms with Crippen molar-refractivity contribution in [1.82, 2.24) is 5.32 Å². The molecule has 0 spiro atoms. The predicted octanol–water partition coefficient (Wildman–Crippen LogP) is 3.48. The largest absolute Gasteiger partial charge is 0.377 e. The molecule has 0 aliphatic carbocycles. The van der Waals surface area contributed by atoms with Crippen molar-refractivity contribution in [1.29, 1.82) is 0 Å². The minimum Gasteiger partial charge on any atom is -0.377 e. The van der Waals surface area contributed by atoms with E-state index in [2.05, 4.69) is 10.0 Å². The Morgan fingerprint density at radius 3 is 2.14 bits per heavy atom. The van der Waals surface area contributed by atoms with Gasteiger partial charge < -0.3 is 10.2 Å². The van der Waals surface area contributed by atoms with Crippen LogP contribution < -0.4 is 14.9 Å². The molecule has 29 heavy (non-hydrogen) atoms. The van der Waals surface area contributed by atoms with E-state index in [4.69, 9.17) is 0 Å². The van der Waals surface area contributed by atoms with Crippen LogP contribution in [-0.4, -0.2) is 28.4 Å². The number of amides is 1. The van der Waals surface area contributed by atoms with Gasteiger partial charge in [-0.3, -0.25) is 9.52 Å². The SMILES string of the molecule is CN(C)c1ccc(NS(=O)(=O)c2ccccc2)cc1C(=O)NCc1ccccc1. The first kappa shape index (κ1) is 20.4. The van der Waals surface area contributed by atoms with Gasteiger partial charge >= 0.3 is 0 Å². The molecule has 7 heteroatoms. The van der Waals surface area contributed by atoms with Gasteiger partial charge in [-0.2, -0.15) is 0 Å². The maximum Gasteiger partial charge on any atom is 0.261 e. The van der Waals surface area contributed by atoms with Gasteiger partial charge in [0.1, 0.15) is 0 Å². The van der Waals surface area contributed by atoms with Gasteiger partial charge in [0.25, 0.3) is 15.9 Å². The van der Waals surface area contributed by atoms with Gasteiger partial charge in [-0.1, -0.05) is 48.5 Å². The molecule has 0 aromatic heterocycles. The fourth-order valence-electron chi connectivity index (χ4n) is 2.86. The maximum absolute atomic E-state index is 12.8. The Bertz CT molecular complexity index is 1080. The monoisotopic (exact) mass is 409 g/mol. The highest BCUT2D eigenvalue weighted by atomic mass is 32.2. The van der Waals surface area contributed by atoms with Gasteiger partial charge in [0.05, 0.1) is 10.5 Å². The number of carbonyl (C=O) groups is 1. The second-order valence-corrected chi connectivity index (χ2v) is 8.40. The van der Waals surface area contributed by atoms with Crippen molar-refractivity contribution in [2.45, 2.75) is 11.4 Å². The number of hydrogen-bond donors (Lipinski definition) is 2. The lowest BCUT2D eigenvalue weighted by Gasteiger charge is -2.19. The van der Waals surface area contributed by atoms with Crippen molar-refractivity contribution in [2.24, 2.45) is 0 Å². The molecule has 6 nitrogen and oxygen atoms in total. The van der Waals surface area contributed by atoms with E-state index in [-0.39, 0.29) is 10.8 Å². The quantitative estimate of drug-likeness (QED) is 0.626. The first-order chi connectivity index (χ1) is 13.9. The van der Waals surface area contributed by atoms with Crippen molar-refractivity contribution in [3.63, 3.8) is 0 Å². The lowest BCUT2D eigenvalue weighted by Crippen LogP contribution is -2.25. The van der Waals surface area contributed by atoms with Gasteiger partial charge in [-0.05, 0) is 35.9 Å². The molecule has 0 fully saturated rings. The average molecular weight is 410 g/mol. The highest BCUT2D eigenvalue weighted by molar-refractivity contribution is 7.92. The Hall–Kier alpha value is -3.32. The number of nitrogens with one attached hydrogen (secondary N) is 2. The molecule has 150 valence electrons. The summed E-state index contributed by atoms with van der Waals surface area (Å²) in [5.41, 5.74) is 2.38. The molecule has 0 aliphatic rings. The predicted molar refractivity (Wildman–Crippen MR) is 116 cm³/mol. The van der Waals surface area contributed by atoms with Gasteiger partial charge in [-0.15, -0.1) is 0 Å². The highest BCUT2D eigenvalue weighted by Gasteiger charge is 2.18. The van der Waals surface area contributed by atoms with Crippen LogP contribution in [0, 0.1) is 0 Å². The molecule has 0 radical (unpaired) electrons. The third-order valence-corrected chi connectivity index (χ3v) is 5.72. The molecule has 0 unspecified atom stereocenters. The third kappa shape index (κ3) is 5.14. The molecule has 3 aromatic rings. The lowest BCUT2D eigenvalue weighted by molar-refractivity contribution is 0.0951. The van der Waals surface area contributed by atoms with Crippen LogP contribution >= 0.6 is 0 Å². The van der Waals surface area contributed by atoms with E-state index in [9.17, 15) is 13.2 Å². The molecule has 0 bridgehead atoms. The van der Waals surface area contributed by atoms with Gasteiger partial charge in [0.2, 0.25) is 0 Å². The molecule has 0 heterocycles. The van der Waals surface area contributed by atoms with Gasteiger partial charge in [-0.25, -0.2) is 8.42 Å². The summed E-state index contributed by atoms with van der Waals surface area (Å²) in [5, 5.41) is 2.89. The second kappa shape index (κ2) is 8.79. The van der Waals surface area contributed by atoms with Crippen LogP contribution in [0.15, 0.2) is 83.8 Å². The van der Waals surface area contributed by atoms with Crippen molar-refractivity contribution < 1.29 is 13.2 Å². The molecule has 1 amide bonds. The Balaban J connectivity index is 1.85. The number of hydrogen-bond acceptors (Lipinski definition) is 4. The standard InChI is InChI=1S/C22H23N3O3S/c1-25(2)21-14-13-18(24-29(27,28)19-11-7-4-8-12-19)15-20(21)22(26)23-16-17-9-5-3-6-10-17/h3-15,24H,16H2,1-2H3,(H,23,26). The highest BCUT2D eigenvalue weighted by Crippen LogP contribution is 2.25. The van der Waals surface area contributed by atoms with Crippen LogP contribution in [0.5, 0.6) is 0 Å². The number of benzene rings is 3. The summed E-state index contributed by atoms with van der Waals surface area (Å²) in [6.45, 7) is 0.381. The first-order valence-corrected chi connectivity index (χ1v) is 10.6. The molecule has 0 saturated heterocycles. The summed E-state index contributed by atoms with van der Waals surface area (Å²) in [6.07, 6.45) is 0. The minimum atomic E-state index is -3.74. The molecule has 0 atom stereocenters. The summed E-state index contributed by atoms with van der Waals surface area (Å²) in [4.78, 5) is 14.8. The van der Waals surface area contributed by atoms with Crippen molar-refractivity contribution in [3.8, 4) is 0 Å². The van der Waals surface area contributed by atoms with E-state index in [1.807, 2.05) is 49.3 Å². The van der Waals surface area contributed by atoms with Crippen molar-refractivity contribution >= 4 is 27.3 Å². The van der Waals surface area contributed by atoms with Crippen LogP contribution in [0.3, 0.4) is 0 Å². The summed E-state index contributed by atoms with van der Waals surface area (Å²) >= 11 is 0. The number of sulfonamides is 1. The van der Waals surface area contributed by atoms with Crippen LogP contribution in [0.4, 0.5) is 11.4 Å². The van der Waals surface area contributed by atoms with Crippen LogP contribution in [-0.2, 0) is 16.6 Å². The smallest absolute Gasteiger partial charge is 0.261 e. The Kier molecular flexibility index (Phi) is 6.19. The molecule has 3 aromatic carbocycles. The fraction of sp³-hybridized carbons (Fsp3) is 0.136. The zero-order chi connectivity index (χ0) is 20.9. The topological polar surface area (TPSA) is 78.5 Å². The summed E-state index contributed by atoms with van der Waals surface area (Å²) in [7, 11) is -0.0785. The van der Waals surface area contributed by atoms with E-state index >= 15 is 0 Å². The van der Waals surface area contributed by atoms with E-state index < -0.39 is 10.0 Å². The van der Waals surface area contributed by atoms with E-state index in [0.29, 0.717) is 23.5 Å². The van der Waals surface area contributed by atoms with Crippen molar-refractivity contribution in [2.75, 3.05) is 23.7 Å². The molecule has 0 aliphatic heterocycles. The van der Waals surface area contributed by atoms with Gasteiger partial charge in [0.15, 0.2) is 0 Å². The summed E-state index contributed by atoms with van der Waals surface area (Å²) < 4.78 is 27.7. The Morgan fingerprint density at radius 1 is 0.897 bits per heavy atom. The zero-order valence-electron chi connectivity index (χ0n) is 16.3. The lowest BCUT2D eigenvalue weighted by atomic mass is 10.1. The number of anilines is 2. The number of carbonyl (C=O) groups excluding carboxylic acids is 1. The molecule has 2 N–H and O–H groups in total. The summed E-state index contributed by atoms with van der Waals surface area (Å²) in [6, 6.07) is 22.6. The van der Waals surface area contributed by atoms with Gasteiger partial charge in [0, 0.05) is 32.0 Å². The Morgan fingerprint density at radius 2 is 1.52 bits per heavy atom. The normalized spacial score (nSPS) is 11.0. The van der Waals surface area contributed by atoms with Crippen molar-refractivity contribution in [3.05, 3.63) is 90.0 Å². The first-order valence-electron chi connectivity index (χ1n) is 9.08. The third-order valence-electron chi connectivity index (χ3n) is 4.32. The van der Waals surface area contributed by atoms with Crippen LogP contribution in [0.2, 0.25) is 0 Å². The van der Waals surface area contributed by atoms with E-state index in [0.717, 1.165) is 5.56 Å². The van der Waals surface area contributed by atoms with E-state index in [1.165, 1.54) is 12.1 Å². The molecule has 0 saturated carbocycles. The minimum absolute atomic E-state index is 0.159. The summed E-state index contributed by atoms with van der Waals surface area (Å²) in [5.74, 6) is -0.279. The zero-order valence-corrected chi connectivity index (χ0v) is 17.1. The number of rotatable bonds is 7. The number of nitrogens with zero attached hydrogens (tertiary/aromatic N) is 1. The van der Waals surface area contributed by atoms with Crippen LogP contribution in [0.1, 0.15) is 15.9 Å². The van der Waals surface area contributed by atoms with Crippen LogP contribution in [0.25, 0.3) is 0 Å². The second-order valence-electron chi connectivity index (χ2n) is 6.71. The molecular formula is C22H23N3O3S. The molecule has 3 rings (SSSR count). The average Bonchev–Trinajstić information content (AvgIpc) is 2.73. The molecular weight excluding hydrogens is 386 g/mol. The van der Waals surface area contributed by atoms with E-state index in [1.54, 1.807) is 36.4 Å². The fourth-order valence-corrected chi connectivity index (χ4v) is 3.93.